The van der Waals surface area contributed by atoms with Crippen molar-refractivity contribution in [2.75, 3.05) is 0 Å². The van der Waals surface area contributed by atoms with Crippen molar-refractivity contribution in [3.05, 3.63) is 58.7 Å². The lowest BCUT2D eigenvalue weighted by Crippen LogP contribution is -2.20. The van der Waals surface area contributed by atoms with E-state index in [1.165, 1.54) is 67.2 Å². The Balaban J connectivity index is 1.78. The SMILES string of the molecule is C=C(CC1C=CC(c2c(CCC)ccc(CN)c2C)C(C)C1)CC1CC1. The first-order valence-corrected chi connectivity index (χ1v) is 10.7. The van der Waals surface area contributed by atoms with Crippen LogP contribution >= 0.6 is 0 Å². The average Bonchev–Trinajstić information content (AvgIpc) is 3.40. The van der Waals surface area contributed by atoms with Gasteiger partial charge in [0.25, 0.3) is 0 Å². The predicted octanol–water partition coefficient (Wildman–Crippen LogP) is 6.45. The lowest BCUT2D eigenvalue weighted by atomic mass is 9.72. The Hall–Kier alpha value is -1.34. The molecule has 26 heavy (non-hydrogen) atoms. The molecule has 2 aliphatic rings. The van der Waals surface area contributed by atoms with Gasteiger partial charge in [-0.15, -0.1) is 0 Å². The Bertz CT molecular complexity index is 665. The molecule has 0 amide bonds. The van der Waals surface area contributed by atoms with Gasteiger partial charge in [-0.2, -0.15) is 0 Å². The average molecular weight is 352 g/mol. The van der Waals surface area contributed by atoms with E-state index in [1.807, 2.05) is 0 Å². The Morgan fingerprint density at radius 3 is 2.50 bits per heavy atom. The highest BCUT2D eigenvalue weighted by atomic mass is 14.5. The maximum Gasteiger partial charge on any atom is 0.0180 e. The number of nitrogens with two attached hydrogens (primary N) is 1. The number of aryl methyl sites for hydroxylation is 1. The van der Waals surface area contributed by atoms with E-state index in [0.717, 1.165) is 5.92 Å². The van der Waals surface area contributed by atoms with Crippen LogP contribution in [0, 0.1) is 24.7 Å². The first-order chi connectivity index (χ1) is 12.5. The maximum atomic E-state index is 6.00. The molecule has 1 saturated carbocycles. The second kappa shape index (κ2) is 8.57. The lowest BCUT2D eigenvalue weighted by Gasteiger charge is -2.33. The predicted molar refractivity (Wildman–Crippen MR) is 113 cm³/mol. The van der Waals surface area contributed by atoms with E-state index in [1.54, 1.807) is 5.56 Å². The highest BCUT2D eigenvalue weighted by Gasteiger charge is 2.29. The Labute approximate surface area is 160 Å². The summed E-state index contributed by atoms with van der Waals surface area (Å²) in [5.74, 6) is 2.86. The Morgan fingerprint density at radius 1 is 1.15 bits per heavy atom. The molecule has 1 fully saturated rings. The highest BCUT2D eigenvalue weighted by Crippen LogP contribution is 2.42. The second-order valence-corrected chi connectivity index (χ2v) is 8.86. The van der Waals surface area contributed by atoms with Crippen molar-refractivity contribution in [2.45, 2.75) is 78.2 Å². The third kappa shape index (κ3) is 4.49. The molecular formula is C25H37N. The van der Waals surface area contributed by atoms with Crippen molar-refractivity contribution in [1.82, 2.24) is 0 Å². The van der Waals surface area contributed by atoms with Gasteiger partial charge in [0.1, 0.15) is 0 Å². The molecule has 3 atom stereocenters. The van der Waals surface area contributed by atoms with Crippen LogP contribution in [0.5, 0.6) is 0 Å². The summed E-state index contributed by atoms with van der Waals surface area (Å²) in [5.41, 5.74) is 13.3. The molecule has 3 unspecified atom stereocenters. The topological polar surface area (TPSA) is 26.0 Å². The quantitative estimate of drug-likeness (QED) is 0.535. The van der Waals surface area contributed by atoms with E-state index in [0.29, 0.717) is 24.3 Å². The van der Waals surface area contributed by atoms with Crippen LogP contribution in [0.25, 0.3) is 0 Å². The number of benzene rings is 1. The Morgan fingerprint density at radius 2 is 1.88 bits per heavy atom. The molecule has 1 aromatic carbocycles. The van der Waals surface area contributed by atoms with E-state index in [-0.39, 0.29) is 0 Å². The monoisotopic (exact) mass is 351 g/mol. The highest BCUT2D eigenvalue weighted by molar-refractivity contribution is 5.45. The standard InChI is InChI=1S/C25H37N/c1-5-6-22-10-11-23(16-26)19(4)25(22)24-12-9-21(15-18(24)3)14-17(2)13-20-7-8-20/h9-12,18,20-21,24H,2,5-8,13-16,26H2,1,3-4H3. The van der Waals surface area contributed by atoms with Crippen LogP contribution < -0.4 is 5.73 Å². The van der Waals surface area contributed by atoms with E-state index < -0.39 is 0 Å². The minimum absolute atomic E-state index is 0.538. The summed E-state index contributed by atoms with van der Waals surface area (Å²) >= 11 is 0. The van der Waals surface area contributed by atoms with Gasteiger partial charge in [0, 0.05) is 12.5 Å². The molecule has 0 heterocycles. The van der Waals surface area contributed by atoms with Crippen molar-refractivity contribution in [2.24, 2.45) is 23.5 Å². The minimum atomic E-state index is 0.538. The van der Waals surface area contributed by atoms with Gasteiger partial charge < -0.3 is 5.73 Å². The third-order valence-electron chi connectivity index (χ3n) is 6.49. The summed E-state index contributed by atoms with van der Waals surface area (Å²) in [6.07, 6.45) is 13.9. The molecule has 1 aromatic rings. The van der Waals surface area contributed by atoms with Crippen LogP contribution in [0.4, 0.5) is 0 Å². The van der Waals surface area contributed by atoms with Gasteiger partial charge in [-0.1, -0.05) is 56.7 Å². The summed E-state index contributed by atoms with van der Waals surface area (Å²) in [4.78, 5) is 0. The number of hydrogen-bond acceptors (Lipinski definition) is 1. The van der Waals surface area contributed by atoms with Gasteiger partial charge in [-0.05, 0) is 85.5 Å². The zero-order valence-electron chi connectivity index (χ0n) is 17.1. The van der Waals surface area contributed by atoms with Gasteiger partial charge in [-0.25, -0.2) is 0 Å². The smallest absolute Gasteiger partial charge is 0.0180 e. The summed E-state index contributed by atoms with van der Waals surface area (Å²) < 4.78 is 0. The molecule has 1 heteroatoms. The van der Waals surface area contributed by atoms with Crippen molar-refractivity contribution < 1.29 is 0 Å². The largest absolute Gasteiger partial charge is 0.326 e. The zero-order valence-corrected chi connectivity index (χ0v) is 17.1. The molecule has 0 saturated heterocycles. The van der Waals surface area contributed by atoms with Crippen molar-refractivity contribution in [1.29, 1.82) is 0 Å². The molecule has 0 bridgehead atoms. The van der Waals surface area contributed by atoms with Crippen LogP contribution in [0.1, 0.15) is 80.5 Å². The van der Waals surface area contributed by atoms with E-state index in [9.17, 15) is 0 Å². The van der Waals surface area contributed by atoms with Crippen LogP contribution in [0.2, 0.25) is 0 Å². The summed E-state index contributed by atoms with van der Waals surface area (Å²) in [6.45, 7) is 12.0. The molecule has 142 valence electrons. The van der Waals surface area contributed by atoms with Crippen LogP contribution in [0.3, 0.4) is 0 Å². The van der Waals surface area contributed by atoms with Gasteiger partial charge in [0.05, 0.1) is 0 Å². The molecular weight excluding hydrogens is 314 g/mol. The molecule has 0 aromatic heterocycles. The van der Waals surface area contributed by atoms with Gasteiger partial charge >= 0.3 is 0 Å². The number of rotatable bonds is 8. The minimum Gasteiger partial charge on any atom is -0.326 e. The molecule has 0 spiro atoms. The van der Waals surface area contributed by atoms with Crippen molar-refractivity contribution >= 4 is 0 Å². The molecule has 0 radical (unpaired) electrons. The van der Waals surface area contributed by atoms with Gasteiger partial charge in [-0.3, -0.25) is 0 Å². The third-order valence-corrected chi connectivity index (χ3v) is 6.49. The van der Waals surface area contributed by atoms with Crippen molar-refractivity contribution in [3.8, 4) is 0 Å². The fraction of sp³-hybridized carbons (Fsp3) is 0.600. The van der Waals surface area contributed by atoms with Crippen LogP contribution in [-0.2, 0) is 13.0 Å². The molecule has 1 nitrogen and oxygen atoms in total. The zero-order chi connectivity index (χ0) is 18.7. The van der Waals surface area contributed by atoms with E-state index in [2.05, 4.69) is 51.6 Å². The van der Waals surface area contributed by atoms with Gasteiger partial charge in [0.15, 0.2) is 0 Å². The van der Waals surface area contributed by atoms with Crippen LogP contribution in [-0.4, -0.2) is 0 Å². The molecule has 3 rings (SSSR count). The lowest BCUT2D eigenvalue weighted by molar-refractivity contribution is 0.384. The molecule has 2 N–H and O–H groups in total. The number of hydrogen-bond donors (Lipinski definition) is 1. The Kier molecular flexibility index (Phi) is 6.40. The normalized spacial score (nSPS) is 25.5. The first-order valence-electron chi connectivity index (χ1n) is 10.7. The number of allylic oxidation sites excluding steroid dienone is 3. The van der Waals surface area contributed by atoms with Crippen molar-refractivity contribution in [3.63, 3.8) is 0 Å². The summed E-state index contributed by atoms with van der Waals surface area (Å²) in [6, 6.07) is 4.57. The fourth-order valence-corrected chi connectivity index (χ4v) is 4.89. The van der Waals surface area contributed by atoms with Crippen LogP contribution in [0.15, 0.2) is 36.4 Å². The summed E-state index contributed by atoms with van der Waals surface area (Å²) in [5, 5.41) is 0. The second-order valence-electron chi connectivity index (χ2n) is 8.86. The maximum absolute atomic E-state index is 6.00. The summed E-state index contributed by atoms with van der Waals surface area (Å²) in [7, 11) is 0. The van der Waals surface area contributed by atoms with Gasteiger partial charge in [0.2, 0.25) is 0 Å². The van der Waals surface area contributed by atoms with E-state index in [4.69, 9.17) is 5.73 Å². The first kappa shape index (κ1) is 19.4. The van der Waals surface area contributed by atoms with E-state index >= 15 is 0 Å². The fourth-order valence-electron chi connectivity index (χ4n) is 4.89. The molecule has 0 aliphatic heterocycles. The molecule has 2 aliphatic carbocycles.